The first-order valence-electron chi connectivity index (χ1n) is 6.78. The van der Waals surface area contributed by atoms with Crippen LogP contribution >= 0.6 is 0 Å². The molecule has 102 valence electrons. The number of hydrogen-bond acceptors (Lipinski definition) is 3. The van der Waals surface area contributed by atoms with Gasteiger partial charge in [0, 0.05) is 13.1 Å². The first-order chi connectivity index (χ1) is 9.65. The molecule has 0 fully saturated rings. The van der Waals surface area contributed by atoms with Crippen molar-refractivity contribution in [2.24, 2.45) is 0 Å². The van der Waals surface area contributed by atoms with E-state index in [4.69, 9.17) is 5.73 Å². The molecule has 2 aromatic rings. The van der Waals surface area contributed by atoms with Gasteiger partial charge in [-0.3, -0.25) is 0 Å². The second-order valence-electron chi connectivity index (χ2n) is 5.34. The van der Waals surface area contributed by atoms with Gasteiger partial charge in [-0.15, -0.1) is 0 Å². The molecule has 2 aromatic carbocycles. The van der Waals surface area contributed by atoms with Crippen LogP contribution in [0.3, 0.4) is 0 Å². The van der Waals surface area contributed by atoms with Crippen molar-refractivity contribution in [1.82, 2.24) is 0 Å². The van der Waals surface area contributed by atoms with Crippen molar-refractivity contribution in [3.8, 4) is 0 Å². The Labute approximate surface area is 119 Å². The minimum absolute atomic E-state index is 0.787. The zero-order valence-electron chi connectivity index (χ0n) is 11.7. The Bertz CT molecular complexity index is 661. The molecule has 1 heterocycles. The van der Waals surface area contributed by atoms with Crippen LogP contribution in [0.25, 0.3) is 0 Å². The maximum Gasteiger partial charge on any atom is 0.0669 e. The normalized spacial score (nSPS) is 12.9. The molecule has 1 aliphatic heterocycles. The lowest BCUT2D eigenvalue weighted by atomic mass is 10.1. The molecule has 0 aromatic heterocycles. The number of nitrogens with one attached hydrogen (secondary N) is 1. The summed E-state index contributed by atoms with van der Waals surface area (Å²) in [6.45, 7) is 7.77. The molecular formula is C17H19N3. The fourth-order valence-corrected chi connectivity index (χ4v) is 2.65. The first kappa shape index (κ1) is 12.6. The van der Waals surface area contributed by atoms with Gasteiger partial charge in [0.1, 0.15) is 0 Å². The standard InChI is InChI=1S/C17H19N3/c1-12(2)10-20-11-13-6-5-7-14(18)17(13)19-15-8-3-4-9-16(15)20/h3-9,19H,1,10-11,18H2,2H3. The summed E-state index contributed by atoms with van der Waals surface area (Å²) in [4.78, 5) is 2.33. The third kappa shape index (κ3) is 2.23. The van der Waals surface area contributed by atoms with Gasteiger partial charge >= 0.3 is 0 Å². The quantitative estimate of drug-likeness (QED) is 0.639. The van der Waals surface area contributed by atoms with Crippen molar-refractivity contribution in [1.29, 1.82) is 0 Å². The van der Waals surface area contributed by atoms with Crippen LogP contribution in [0.4, 0.5) is 22.7 Å². The molecule has 0 radical (unpaired) electrons. The average molecular weight is 265 g/mol. The predicted molar refractivity (Wildman–Crippen MR) is 86.4 cm³/mol. The van der Waals surface area contributed by atoms with Gasteiger partial charge in [-0.05, 0) is 30.7 Å². The molecule has 1 aliphatic rings. The van der Waals surface area contributed by atoms with Crippen LogP contribution in [-0.4, -0.2) is 6.54 Å². The summed E-state index contributed by atoms with van der Waals surface area (Å²) in [5.41, 5.74) is 12.6. The van der Waals surface area contributed by atoms with Crippen LogP contribution in [0.2, 0.25) is 0 Å². The van der Waals surface area contributed by atoms with E-state index >= 15 is 0 Å². The van der Waals surface area contributed by atoms with Crippen LogP contribution in [0, 0.1) is 0 Å². The zero-order valence-corrected chi connectivity index (χ0v) is 11.7. The number of nitrogens with zero attached hydrogens (tertiary/aromatic N) is 1. The molecule has 3 heteroatoms. The summed E-state index contributed by atoms with van der Waals surface area (Å²) in [6, 6.07) is 14.4. The molecule has 0 spiro atoms. The highest BCUT2D eigenvalue weighted by molar-refractivity contribution is 5.84. The van der Waals surface area contributed by atoms with Crippen LogP contribution in [0.5, 0.6) is 0 Å². The summed E-state index contributed by atoms with van der Waals surface area (Å²) in [6.07, 6.45) is 0. The van der Waals surface area contributed by atoms with Gasteiger partial charge in [0.05, 0.1) is 22.7 Å². The summed E-state index contributed by atoms with van der Waals surface area (Å²) in [5.74, 6) is 0. The van der Waals surface area contributed by atoms with E-state index in [-0.39, 0.29) is 0 Å². The molecule has 3 nitrogen and oxygen atoms in total. The van der Waals surface area contributed by atoms with Crippen molar-refractivity contribution in [2.75, 3.05) is 22.5 Å². The van der Waals surface area contributed by atoms with Gasteiger partial charge < -0.3 is 16.0 Å². The van der Waals surface area contributed by atoms with E-state index in [9.17, 15) is 0 Å². The molecule has 3 N–H and O–H groups in total. The topological polar surface area (TPSA) is 41.3 Å². The minimum atomic E-state index is 0.787. The predicted octanol–water partition coefficient (Wildman–Crippen LogP) is 3.91. The second-order valence-corrected chi connectivity index (χ2v) is 5.34. The zero-order chi connectivity index (χ0) is 14.1. The van der Waals surface area contributed by atoms with E-state index in [1.807, 2.05) is 18.2 Å². The highest BCUT2D eigenvalue weighted by Crippen LogP contribution is 2.38. The fourth-order valence-electron chi connectivity index (χ4n) is 2.65. The average Bonchev–Trinajstić information content (AvgIpc) is 2.56. The minimum Gasteiger partial charge on any atom is -0.397 e. The lowest BCUT2D eigenvalue weighted by molar-refractivity contribution is 0.854. The number of nitrogens with two attached hydrogens (primary N) is 1. The molecule has 0 atom stereocenters. The molecular weight excluding hydrogens is 246 g/mol. The van der Waals surface area contributed by atoms with E-state index in [0.29, 0.717) is 0 Å². The molecule has 3 rings (SSSR count). The van der Waals surface area contributed by atoms with Gasteiger partial charge in [0.15, 0.2) is 0 Å². The summed E-state index contributed by atoms with van der Waals surface area (Å²) in [5, 5.41) is 3.48. The number of hydrogen-bond donors (Lipinski definition) is 2. The monoisotopic (exact) mass is 265 g/mol. The number of fused-ring (bicyclic) bond motifs is 2. The largest absolute Gasteiger partial charge is 0.397 e. The summed E-state index contributed by atoms with van der Waals surface area (Å²) < 4.78 is 0. The van der Waals surface area contributed by atoms with Crippen molar-refractivity contribution in [3.63, 3.8) is 0 Å². The number of rotatable bonds is 2. The Morgan fingerprint density at radius 3 is 2.85 bits per heavy atom. The first-order valence-corrected chi connectivity index (χ1v) is 6.78. The highest BCUT2D eigenvalue weighted by atomic mass is 15.2. The van der Waals surface area contributed by atoms with E-state index in [1.54, 1.807) is 0 Å². The Hall–Kier alpha value is -2.42. The Balaban J connectivity index is 2.12. The van der Waals surface area contributed by atoms with E-state index in [2.05, 4.69) is 48.0 Å². The van der Waals surface area contributed by atoms with Crippen molar-refractivity contribution < 1.29 is 0 Å². The third-order valence-electron chi connectivity index (χ3n) is 3.51. The summed E-state index contributed by atoms with van der Waals surface area (Å²) >= 11 is 0. The van der Waals surface area contributed by atoms with Crippen molar-refractivity contribution in [3.05, 3.63) is 60.2 Å². The Kier molecular flexibility index (Phi) is 3.11. The number of nitrogen functional groups attached to an aromatic ring is 1. The third-order valence-corrected chi connectivity index (χ3v) is 3.51. The smallest absolute Gasteiger partial charge is 0.0669 e. The Morgan fingerprint density at radius 1 is 1.25 bits per heavy atom. The molecule has 20 heavy (non-hydrogen) atoms. The van der Waals surface area contributed by atoms with Gasteiger partial charge in [-0.25, -0.2) is 0 Å². The van der Waals surface area contributed by atoms with E-state index < -0.39 is 0 Å². The molecule has 0 bridgehead atoms. The molecule has 0 amide bonds. The highest BCUT2D eigenvalue weighted by Gasteiger charge is 2.19. The van der Waals surface area contributed by atoms with Crippen molar-refractivity contribution >= 4 is 22.7 Å². The van der Waals surface area contributed by atoms with Gasteiger partial charge in [-0.2, -0.15) is 0 Å². The molecule has 0 saturated carbocycles. The van der Waals surface area contributed by atoms with Gasteiger partial charge in [0.25, 0.3) is 0 Å². The van der Waals surface area contributed by atoms with E-state index in [1.165, 1.54) is 11.3 Å². The fraction of sp³-hybridized carbons (Fsp3) is 0.176. The second kappa shape index (κ2) is 4.93. The number of para-hydroxylation sites is 3. The number of benzene rings is 2. The maximum atomic E-state index is 6.12. The SMILES string of the molecule is C=C(C)CN1Cc2cccc(N)c2Nc2ccccc21. The van der Waals surface area contributed by atoms with Crippen LogP contribution in [0.15, 0.2) is 54.6 Å². The summed E-state index contributed by atoms with van der Waals surface area (Å²) in [7, 11) is 0. The molecule has 0 unspecified atom stereocenters. The van der Waals surface area contributed by atoms with Crippen LogP contribution in [-0.2, 0) is 6.54 Å². The maximum absolute atomic E-state index is 6.12. The lowest BCUT2D eigenvalue weighted by Crippen LogP contribution is -2.23. The van der Waals surface area contributed by atoms with Gasteiger partial charge in [-0.1, -0.05) is 36.4 Å². The molecule has 0 saturated heterocycles. The van der Waals surface area contributed by atoms with Crippen LogP contribution in [0.1, 0.15) is 12.5 Å². The number of anilines is 4. The van der Waals surface area contributed by atoms with Crippen LogP contribution < -0.4 is 16.0 Å². The van der Waals surface area contributed by atoms with Gasteiger partial charge in [0.2, 0.25) is 0 Å². The molecule has 0 aliphatic carbocycles. The van der Waals surface area contributed by atoms with E-state index in [0.717, 1.165) is 35.7 Å². The van der Waals surface area contributed by atoms with Crippen molar-refractivity contribution in [2.45, 2.75) is 13.5 Å². The lowest BCUT2D eigenvalue weighted by Gasteiger charge is -2.24. The Morgan fingerprint density at radius 2 is 2.05 bits per heavy atom.